The third kappa shape index (κ3) is 6.57. The molecule has 12 heteroatoms. The van der Waals surface area contributed by atoms with E-state index in [2.05, 4.69) is 16.0 Å². The van der Waals surface area contributed by atoms with Crippen LogP contribution in [0.4, 0.5) is 5.69 Å². The maximum absolute atomic E-state index is 12.7. The molecule has 0 fully saturated rings. The summed E-state index contributed by atoms with van der Waals surface area (Å²) < 4.78 is 8.41. The molecule has 0 spiro atoms. The van der Waals surface area contributed by atoms with Crippen molar-refractivity contribution in [1.82, 2.24) is 10.6 Å². The Labute approximate surface area is 204 Å². The van der Waals surface area contributed by atoms with Gasteiger partial charge in [-0.25, -0.2) is 0 Å². The molecule has 0 saturated heterocycles. The fourth-order valence-electron chi connectivity index (χ4n) is 2.29. The Morgan fingerprint density at radius 1 is 1.00 bits per heavy atom. The number of hydrogen-bond acceptors (Lipinski definition) is 4. The summed E-state index contributed by atoms with van der Waals surface area (Å²) in [6.07, 6.45) is -1.19. The third-order valence-corrected chi connectivity index (χ3v) is 5.23. The highest BCUT2D eigenvalue weighted by molar-refractivity contribution is 7.80. The van der Waals surface area contributed by atoms with E-state index in [0.717, 1.165) is 0 Å². The summed E-state index contributed by atoms with van der Waals surface area (Å²) in [4.78, 5) is 12.7. The van der Waals surface area contributed by atoms with Gasteiger partial charge in [0.2, 0.25) is 3.79 Å². The first-order valence-electron chi connectivity index (χ1n) is 8.18. The van der Waals surface area contributed by atoms with Crippen LogP contribution in [-0.2, 0) is 0 Å². The van der Waals surface area contributed by atoms with Crippen LogP contribution in [0, 0.1) is 0 Å². The molecule has 0 aliphatic carbocycles. The molecular formula is C18H16Cl5N3O3S. The number of thiocarbonyl (C=S) groups is 1. The number of halogens is 5. The Kier molecular flexibility index (Phi) is 8.97. The maximum atomic E-state index is 12.7. The predicted molar refractivity (Wildman–Crippen MR) is 127 cm³/mol. The second kappa shape index (κ2) is 10.8. The van der Waals surface area contributed by atoms with Gasteiger partial charge in [0.15, 0.2) is 16.6 Å². The molecule has 1 amide bonds. The summed E-state index contributed by atoms with van der Waals surface area (Å²) in [6.45, 7) is 0. The van der Waals surface area contributed by atoms with Gasteiger partial charge < -0.3 is 25.4 Å². The highest BCUT2D eigenvalue weighted by Crippen LogP contribution is 2.32. The number of methoxy groups -OCH3 is 2. The van der Waals surface area contributed by atoms with E-state index in [1.807, 2.05) is 0 Å². The summed E-state index contributed by atoms with van der Waals surface area (Å²) in [5, 5.41) is 8.82. The zero-order valence-corrected chi connectivity index (χ0v) is 20.2. The molecule has 0 aromatic heterocycles. The van der Waals surface area contributed by atoms with Gasteiger partial charge in [-0.1, -0.05) is 64.1 Å². The van der Waals surface area contributed by atoms with E-state index in [9.17, 15) is 4.79 Å². The molecule has 0 unspecified atom stereocenters. The van der Waals surface area contributed by atoms with E-state index in [-0.39, 0.29) is 10.7 Å². The number of nitrogens with one attached hydrogen (secondary N) is 3. The summed E-state index contributed by atoms with van der Waals surface area (Å²) in [6, 6.07) is 9.54. The molecule has 6 nitrogen and oxygen atoms in total. The lowest BCUT2D eigenvalue weighted by Gasteiger charge is -2.28. The molecule has 0 heterocycles. The second-order valence-electron chi connectivity index (χ2n) is 5.71. The molecule has 2 aromatic carbocycles. The number of carbonyl (C=O) groups excluding carboxylic acids is 1. The molecule has 0 bridgehead atoms. The van der Waals surface area contributed by atoms with Crippen LogP contribution in [0.1, 0.15) is 10.4 Å². The molecule has 162 valence electrons. The van der Waals surface area contributed by atoms with Crippen molar-refractivity contribution < 1.29 is 14.3 Å². The van der Waals surface area contributed by atoms with Crippen molar-refractivity contribution in [1.29, 1.82) is 0 Å². The van der Waals surface area contributed by atoms with Gasteiger partial charge in [0.05, 0.1) is 30.0 Å². The Bertz CT molecular complexity index is 920. The Balaban J connectivity index is 2.16. The quantitative estimate of drug-likeness (QED) is 0.263. The second-order valence-corrected chi connectivity index (χ2v) is 9.30. The van der Waals surface area contributed by atoms with Gasteiger partial charge in [-0.2, -0.15) is 0 Å². The smallest absolute Gasteiger partial charge is 0.253 e. The van der Waals surface area contributed by atoms with Crippen molar-refractivity contribution in [2.24, 2.45) is 0 Å². The summed E-state index contributed by atoms with van der Waals surface area (Å²) >= 11 is 35.5. The van der Waals surface area contributed by atoms with Gasteiger partial charge in [0.25, 0.3) is 5.91 Å². The zero-order chi connectivity index (χ0) is 22.5. The summed E-state index contributed by atoms with van der Waals surface area (Å²) in [5.41, 5.74) is 0.620. The number of amides is 1. The van der Waals surface area contributed by atoms with E-state index in [0.29, 0.717) is 27.2 Å². The van der Waals surface area contributed by atoms with Crippen LogP contribution in [-0.4, -0.2) is 35.2 Å². The molecule has 3 N–H and O–H groups in total. The third-order valence-electron chi connectivity index (χ3n) is 3.73. The van der Waals surface area contributed by atoms with Crippen molar-refractivity contribution in [2.75, 3.05) is 19.5 Å². The molecule has 0 saturated carbocycles. The molecule has 2 rings (SSSR count). The maximum Gasteiger partial charge on any atom is 0.253 e. The van der Waals surface area contributed by atoms with Gasteiger partial charge in [0, 0.05) is 5.56 Å². The lowest BCUT2D eigenvalue weighted by Crippen LogP contribution is -2.56. The number of alkyl halides is 3. The van der Waals surface area contributed by atoms with Crippen molar-refractivity contribution in [2.45, 2.75) is 9.96 Å². The SMILES string of the molecule is COc1ccc(C(=O)N[C@H](NC(=S)Nc2c(Cl)cccc2Cl)C(Cl)(Cl)Cl)cc1OC. The number of para-hydroxylation sites is 1. The minimum atomic E-state index is -1.94. The first-order valence-corrected chi connectivity index (χ1v) is 10.5. The molecule has 0 aliphatic heterocycles. The fourth-order valence-corrected chi connectivity index (χ4v) is 3.33. The lowest BCUT2D eigenvalue weighted by molar-refractivity contribution is 0.0934. The van der Waals surface area contributed by atoms with Crippen LogP contribution in [0.5, 0.6) is 11.5 Å². The monoisotopic (exact) mass is 529 g/mol. The Morgan fingerprint density at radius 2 is 1.60 bits per heavy atom. The van der Waals surface area contributed by atoms with Gasteiger partial charge >= 0.3 is 0 Å². The van der Waals surface area contributed by atoms with Crippen LogP contribution < -0.4 is 25.4 Å². The normalized spacial score (nSPS) is 12.0. The molecule has 1 atom stereocenters. The van der Waals surface area contributed by atoms with Gasteiger partial charge in [-0.05, 0) is 42.5 Å². The highest BCUT2D eigenvalue weighted by Gasteiger charge is 2.35. The van der Waals surface area contributed by atoms with Crippen molar-refractivity contribution in [3.63, 3.8) is 0 Å². The average molecular weight is 532 g/mol. The van der Waals surface area contributed by atoms with E-state index >= 15 is 0 Å². The predicted octanol–water partition coefficient (Wildman–Crippen LogP) is 5.42. The number of anilines is 1. The molecule has 0 radical (unpaired) electrons. The summed E-state index contributed by atoms with van der Waals surface area (Å²) in [5.74, 6) is 0.291. The van der Waals surface area contributed by atoms with Crippen LogP contribution in [0.2, 0.25) is 10.0 Å². The number of ether oxygens (including phenoxy) is 2. The Hall–Kier alpha value is -1.35. The van der Waals surface area contributed by atoms with Crippen LogP contribution in [0.3, 0.4) is 0 Å². The Morgan fingerprint density at radius 3 is 2.13 bits per heavy atom. The minimum absolute atomic E-state index is 0.0222. The van der Waals surface area contributed by atoms with Gasteiger partial charge in [0.1, 0.15) is 6.17 Å². The molecule has 2 aromatic rings. The minimum Gasteiger partial charge on any atom is -0.493 e. The number of rotatable bonds is 6. The van der Waals surface area contributed by atoms with E-state index in [1.165, 1.54) is 26.4 Å². The van der Waals surface area contributed by atoms with Gasteiger partial charge in [-0.3, -0.25) is 4.79 Å². The van der Waals surface area contributed by atoms with Crippen LogP contribution >= 0.6 is 70.2 Å². The topological polar surface area (TPSA) is 71.6 Å². The zero-order valence-electron chi connectivity index (χ0n) is 15.6. The number of carbonyl (C=O) groups is 1. The number of benzene rings is 2. The first kappa shape index (κ1) is 24.9. The van der Waals surface area contributed by atoms with Crippen molar-refractivity contribution in [3.05, 3.63) is 52.0 Å². The summed E-state index contributed by atoms with van der Waals surface area (Å²) in [7, 11) is 2.94. The van der Waals surface area contributed by atoms with Gasteiger partial charge in [-0.15, -0.1) is 0 Å². The standard InChI is InChI=1S/C18H16Cl5N3O3S/c1-28-12-7-6-9(8-13(12)29-2)15(27)25-16(18(21,22)23)26-17(30)24-14-10(19)4-3-5-11(14)20/h3-8,16H,1-2H3,(H,25,27)(H2,24,26,30)/t16-/m1/s1. The first-order chi connectivity index (χ1) is 14.1. The largest absolute Gasteiger partial charge is 0.493 e. The number of hydrogen-bond donors (Lipinski definition) is 3. The van der Waals surface area contributed by atoms with E-state index < -0.39 is 15.9 Å². The molecule has 30 heavy (non-hydrogen) atoms. The molecular weight excluding hydrogens is 516 g/mol. The fraction of sp³-hybridized carbons (Fsp3) is 0.222. The van der Waals surface area contributed by atoms with E-state index in [4.69, 9.17) is 79.7 Å². The molecule has 0 aliphatic rings. The highest BCUT2D eigenvalue weighted by atomic mass is 35.6. The average Bonchev–Trinajstić information content (AvgIpc) is 2.69. The van der Waals surface area contributed by atoms with Crippen molar-refractivity contribution >= 4 is 86.9 Å². The van der Waals surface area contributed by atoms with Crippen molar-refractivity contribution in [3.8, 4) is 11.5 Å². The lowest BCUT2D eigenvalue weighted by atomic mass is 10.2. The van der Waals surface area contributed by atoms with Crippen LogP contribution in [0.25, 0.3) is 0 Å². The van der Waals surface area contributed by atoms with Crippen LogP contribution in [0.15, 0.2) is 36.4 Å². The van der Waals surface area contributed by atoms with E-state index in [1.54, 1.807) is 24.3 Å².